The number of hydrogen-bond acceptors (Lipinski definition) is 3. The molecule has 1 heterocycles. The number of aryl methyl sites for hydroxylation is 1. The quantitative estimate of drug-likeness (QED) is 0.657. The SMILES string of the molecule is Cc1ccc(C(=O)NCC(F)(F)F)cc1-c1ccc2c(C(C)(C)C)nncc2c1. The third-order valence-corrected chi connectivity index (χ3v) is 4.63. The summed E-state index contributed by atoms with van der Waals surface area (Å²) in [5.41, 5.74) is 3.45. The molecule has 0 fully saturated rings. The summed E-state index contributed by atoms with van der Waals surface area (Å²) in [6, 6.07) is 10.7. The highest BCUT2D eigenvalue weighted by Gasteiger charge is 2.28. The average molecular weight is 401 g/mol. The van der Waals surface area contributed by atoms with Crippen LogP contribution in [0.4, 0.5) is 13.2 Å². The number of rotatable bonds is 3. The number of carbonyl (C=O) groups excluding carboxylic acids is 1. The first-order chi connectivity index (χ1) is 13.5. The van der Waals surface area contributed by atoms with Crippen molar-refractivity contribution in [1.82, 2.24) is 15.5 Å². The predicted octanol–water partition coefficient (Wildman–Crippen LogP) is 5.19. The summed E-state index contributed by atoms with van der Waals surface area (Å²) in [7, 11) is 0. The molecule has 0 saturated heterocycles. The highest BCUT2D eigenvalue weighted by atomic mass is 19.4. The van der Waals surface area contributed by atoms with E-state index in [0.717, 1.165) is 33.2 Å². The molecule has 7 heteroatoms. The smallest absolute Gasteiger partial charge is 0.343 e. The molecule has 0 unspecified atom stereocenters. The Morgan fingerprint density at radius 1 is 1.07 bits per heavy atom. The van der Waals surface area contributed by atoms with Crippen LogP contribution in [0.25, 0.3) is 21.9 Å². The zero-order valence-electron chi connectivity index (χ0n) is 16.7. The van der Waals surface area contributed by atoms with Gasteiger partial charge in [0.25, 0.3) is 5.91 Å². The number of alkyl halides is 3. The first-order valence-electron chi connectivity index (χ1n) is 9.17. The van der Waals surface area contributed by atoms with Crippen molar-refractivity contribution in [3.8, 4) is 11.1 Å². The molecule has 3 aromatic rings. The minimum absolute atomic E-state index is 0.166. The average Bonchev–Trinajstić information content (AvgIpc) is 2.64. The van der Waals surface area contributed by atoms with Crippen LogP contribution >= 0.6 is 0 Å². The highest BCUT2D eigenvalue weighted by Crippen LogP contribution is 2.32. The minimum atomic E-state index is -4.45. The van der Waals surface area contributed by atoms with Gasteiger partial charge < -0.3 is 5.32 Å². The normalized spacial score (nSPS) is 12.2. The van der Waals surface area contributed by atoms with E-state index in [1.54, 1.807) is 18.3 Å². The molecule has 1 N–H and O–H groups in total. The molecule has 3 rings (SSSR count). The second kappa shape index (κ2) is 7.46. The first kappa shape index (κ1) is 20.8. The Bertz CT molecular complexity index is 1070. The van der Waals surface area contributed by atoms with Gasteiger partial charge in [0.2, 0.25) is 0 Å². The molecule has 0 atom stereocenters. The summed E-state index contributed by atoms with van der Waals surface area (Å²) in [5, 5.41) is 12.2. The van der Waals surface area contributed by atoms with Crippen LogP contribution in [0.3, 0.4) is 0 Å². The highest BCUT2D eigenvalue weighted by molar-refractivity contribution is 5.96. The standard InChI is InChI=1S/C22H22F3N3O/c1-13-5-6-15(20(29)26-12-22(23,24)25)10-18(13)14-7-8-17-16(9-14)11-27-28-19(17)21(2,3)4/h5-11H,12H2,1-4H3,(H,26,29). The second-order valence-electron chi connectivity index (χ2n) is 8.07. The molecule has 0 saturated carbocycles. The predicted molar refractivity (Wildman–Crippen MR) is 107 cm³/mol. The molecular formula is C22H22F3N3O. The Balaban J connectivity index is 2.00. The van der Waals surface area contributed by atoms with Crippen molar-refractivity contribution in [2.24, 2.45) is 0 Å². The maximum atomic E-state index is 12.4. The number of amides is 1. The van der Waals surface area contributed by atoms with Crippen LogP contribution in [-0.4, -0.2) is 28.8 Å². The van der Waals surface area contributed by atoms with Crippen molar-refractivity contribution in [3.05, 3.63) is 59.4 Å². The third-order valence-electron chi connectivity index (χ3n) is 4.63. The fourth-order valence-electron chi connectivity index (χ4n) is 3.17. The topological polar surface area (TPSA) is 54.9 Å². The lowest BCUT2D eigenvalue weighted by molar-refractivity contribution is -0.123. The van der Waals surface area contributed by atoms with Crippen molar-refractivity contribution in [2.45, 2.75) is 39.3 Å². The van der Waals surface area contributed by atoms with Gasteiger partial charge in [-0.15, -0.1) is 0 Å². The van der Waals surface area contributed by atoms with E-state index in [2.05, 4.69) is 31.0 Å². The van der Waals surface area contributed by atoms with Gasteiger partial charge in [0, 0.05) is 21.8 Å². The Morgan fingerprint density at radius 3 is 2.45 bits per heavy atom. The van der Waals surface area contributed by atoms with Crippen molar-refractivity contribution in [1.29, 1.82) is 0 Å². The van der Waals surface area contributed by atoms with Crippen LogP contribution in [0, 0.1) is 6.92 Å². The summed E-state index contributed by atoms with van der Waals surface area (Å²) in [5.74, 6) is -0.759. The Hall–Kier alpha value is -2.96. The van der Waals surface area contributed by atoms with Crippen LogP contribution in [-0.2, 0) is 5.41 Å². The van der Waals surface area contributed by atoms with Gasteiger partial charge in [-0.1, -0.05) is 39.0 Å². The fourth-order valence-corrected chi connectivity index (χ4v) is 3.17. The number of nitrogens with one attached hydrogen (secondary N) is 1. The summed E-state index contributed by atoms with van der Waals surface area (Å²) in [6.07, 6.45) is -2.77. The van der Waals surface area contributed by atoms with E-state index in [4.69, 9.17) is 0 Å². The Labute approximate surface area is 167 Å². The van der Waals surface area contributed by atoms with Crippen LogP contribution in [0.5, 0.6) is 0 Å². The number of nitrogens with zero attached hydrogens (tertiary/aromatic N) is 2. The van der Waals surface area contributed by atoms with Gasteiger partial charge in [-0.05, 0) is 41.8 Å². The number of hydrogen-bond donors (Lipinski definition) is 1. The second-order valence-corrected chi connectivity index (χ2v) is 8.07. The molecule has 0 radical (unpaired) electrons. The maximum Gasteiger partial charge on any atom is 0.405 e. The summed E-state index contributed by atoms with van der Waals surface area (Å²) >= 11 is 0. The first-order valence-corrected chi connectivity index (χ1v) is 9.17. The monoisotopic (exact) mass is 401 g/mol. The van der Waals surface area contributed by atoms with Crippen LogP contribution < -0.4 is 5.32 Å². The Kier molecular flexibility index (Phi) is 5.34. The van der Waals surface area contributed by atoms with E-state index in [1.807, 2.05) is 30.4 Å². The van der Waals surface area contributed by atoms with Gasteiger partial charge in [0.05, 0.1) is 11.9 Å². The van der Waals surface area contributed by atoms with Gasteiger partial charge in [0.1, 0.15) is 6.54 Å². The lowest BCUT2D eigenvalue weighted by atomic mass is 9.88. The van der Waals surface area contributed by atoms with E-state index in [1.165, 1.54) is 6.07 Å². The number of benzene rings is 2. The lowest BCUT2D eigenvalue weighted by Crippen LogP contribution is -2.33. The molecule has 0 aliphatic rings. The van der Waals surface area contributed by atoms with E-state index in [-0.39, 0.29) is 11.0 Å². The molecule has 0 aliphatic heterocycles. The fraction of sp³-hybridized carbons (Fsp3) is 0.318. The number of halogens is 3. The van der Waals surface area contributed by atoms with Gasteiger partial charge in [-0.3, -0.25) is 4.79 Å². The molecule has 0 aliphatic carbocycles. The largest absolute Gasteiger partial charge is 0.405 e. The van der Waals surface area contributed by atoms with Crippen LogP contribution in [0.2, 0.25) is 0 Å². The van der Waals surface area contributed by atoms with Crippen molar-refractivity contribution < 1.29 is 18.0 Å². The van der Waals surface area contributed by atoms with Crippen LogP contribution in [0.1, 0.15) is 42.4 Å². The van der Waals surface area contributed by atoms with Gasteiger partial charge >= 0.3 is 6.18 Å². The van der Waals surface area contributed by atoms with E-state index >= 15 is 0 Å². The molecule has 0 bridgehead atoms. The molecule has 152 valence electrons. The molecule has 2 aromatic carbocycles. The summed E-state index contributed by atoms with van der Waals surface area (Å²) in [4.78, 5) is 12.1. The molecule has 29 heavy (non-hydrogen) atoms. The number of fused-ring (bicyclic) bond motifs is 1. The molecule has 1 amide bonds. The van der Waals surface area contributed by atoms with Gasteiger partial charge in [-0.2, -0.15) is 23.4 Å². The molecule has 4 nitrogen and oxygen atoms in total. The molecule has 1 aromatic heterocycles. The summed E-state index contributed by atoms with van der Waals surface area (Å²) in [6.45, 7) is 6.73. The van der Waals surface area contributed by atoms with E-state index < -0.39 is 18.6 Å². The Morgan fingerprint density at radius 2 is 1.79 bits per heavy atom. The van der Waals surface area contributed by atoms with Crippen molar-refractivity contribution in [3.63, 3.8) is 0 Å². The third kappa shape index (κ3) is 4.72. The van der Waals surface area contributed by atoms with Gasteiger partial charge in [0.15, 0.2) is 0 Å². The summed E-state index contributed by atoms with van der Waals surface area (Å²) < 4.78 is 37.1. The number of aromatic nitrogens is 2. The maximum absolute atomic E-state index is 12.4. The zero-order chi connectivity index (χ0) is 21.4. The van der Waals surface area contributed by atoms with Crippen LogP contribution in [0.15, 0.2) is 42.6 Å². The minimum Gasteiger partial charge on any atom is -0.343 e. The lowest BCUT2D eigenvalue weighted by Gasteiger charge is -2.19. The molecular weight excluding hydrogens is 379 g/mol. The van der Waals surface area contributed by atoms with E-state index in [0.29, 0.717) is 0 Å². The molecule has 0 spiro atoms. The van der Waals surface area contributed by atoms with Crippen molar-refractivity contribution >= 4 is 16.7 Å². The van der Waals surface area contributed by atoms with Crippen molar-refractivity contribution in [2.75, 3.05) is 6.54 Å². The van der Waals surface area contributed by atoms with Gasteiger partial charge in [-0.25, -0.2) is 0 Å². The van der Waals surface area contributed by atoms with E-state index in [9.17, 15) is 18.0 Å². The number of carbonyl (C=O) groups is 1. The zero-order valence-corrected chi connectivity index (χ0v) is 16.7.